The number of halogens is 2. The predicted octanol–water partition coefficient (Wildman–Crippen LogP) is 1.71. The number of hydrogen-bond acceptors (Lipinski definition) is 2. The van der Waals surface area contributed by atoms with Crippen molar-refractivity contribution < 1.29 is 18.4 Å². The van der Waals surface area contributed by atoms with Crippen molar-refractivity contribution in [3.63, 3.8) is 0 Å². The Kier molecular flexibility index (Phi) is 4.32. The van der Waals surface area contributed by atoms with Crippen molar-refractivity contribution in [3.8, 4) is 0 Å². The molecule has 1 fully saturated rings. The van der Waals surface area contributed by atoms with E-state index in [-0.39, 0.29) is 11.5 Å². The minimum Gasteiger partial charge on any atom is -0.344 e. The fraction of sp³-hybridized carbons (Fsp3) is 0.429. The molecule has 1 aromatic carbocycles. The molecule has 1 aliphatic rings. The van der Waals surface area contributed by atoms with Gasteiger partial charge in [-0.15, -0.1) is 0 Å². The number of carbonyl (C=O) groups excluding carboxylic acids is 2. The molecule has 0 spiro atoms. The first-order chi connectivity index (χ1) is 9.49. The summed E-state index contributed by atoms with van der Waals surface area (Å²) in [7, 11) is 1.68. The summed E-state index contributed by atoms with van der Waals surface area (Å²) in [6, 6.07) is 2.31. The topological polar surface area (TPSA) is 49.4 Å². The van der Waals surface area contributed by atoms with Crippen molar-refractivity contribution in [2.24, 2.45) is 0 Å². The molecule has 2 rings (SSSR count). The summed E-state index contributed by atoms with van der Waals surface area (Å²) in [5.41, 5.74) is 0.00333. The zero-order valence-electron chi connectivity index (χ0n) is 11.2. The van der Waals surface area contributed by atoms with E-state index in [0.29, 0.717) is 13.0 Å². The Bertz CT molecular complexity index is 534. The molecule has 108 valence electrons. The van der Waals surface area contributed by atoms with Crippen LogP contribution >= 0.6 is 0 Å². The highest BCUT2D eigenvalue weighted by Crippen LogP contribution is 2.13. The third-order valence-electron chi connectivity index (χ3n) is 3.40. The van der Waals surface area contributed by atoms with E-state index in [4.69, 9.17) is 0 Å². The van der Waals surface area contributed by atoms with E-state index in [1.54, 1.807) is 11.9 Å². The quantitative estimate of drug-likeness (QED) is 0.897. The first-order valence-corrected chi connectivity index (χ1v) is 6.50. The molecule has 1 saturated heterocycles. The number of likely N-dealkylation sites (N-methyl/N-ethyl adjacent to an activating group) is 1. The van der Waals surface area contributed by atoms with Gasteiger partial charge in [-0.05, 0) is 37.5 Å². The Hall–Kier alpha value is -1.98. The summed E-state index contributed by atoms with van der Waals surface area (Å²) < 4.78 is 25.9. The summed E-state index contributed by atoms with van der Waals surface area (Å²) in [5, 5.41) is 2.58. The smallest absolute Gasteiger partial charge is 0.252 e. The van der Waals surface area contributed by atoms with Crippen LogP contribution in [-0.2, 0) is 4.79 Å². The van der Waals surface area contributed by atoms with Gasteiger partial charge in [0.2, 0.25) is 5.91 Å². The molecule has 0 bridgehead atoms. The lowest BCUT2D eigenvalue weighted by Gasteiger charge is -2.20. The molecule has 1 aromatic rings. The van der Waals surface area contributed by atoms with Crippen LogP contribution in [0.25, 0.3) is 0 Å². The molecule has 1 aliphatic heterocycles. The minimum atomic E-state index is -1.08. The lowest BCUT2D eigenvalue weighted by Crippen LogP contribution is -2.46. The minimum absolute atomic E-state index is 0.00333. The van der Waals surface area contributed by atoms with Crippen LogP contribution in [0.4, 0.5) is 8.78 Å². The molecular weight excluding hydrogens is 266 g/mol. The molecule has 1 heterocycles. The van der Waals surface area contributed by atoms with Crippen molar-refractivity contribution >= 4 is 11.8 Å². The van der Waals surface area contributed by atoms with Gasteiger partial charge in [-0.25, -0.2) is 8.78 Å². The molecule has 4 nitrogen and oxygen atoms in total. The second kappa shape index (κ2) is 5.98. The molecule has 0 aliphatic carbocycles. The summed E-state index contributed by atoms with van der Waals surface area (Å²) in [6.07, 6.45) is 2.27. The van der Waals surface area contributed by atoms with E-state index in [1.807, 2.05) is 0 Å². The first-order valence-electron chi connectivity index (χ1n) is 6.50. The zero-order chi connectivity index (χ0) is 14.7. The Morgan fingerprint density at radius 2 is 2.05 bits per heavy atom. The Morgan fingerprint density at radius 3 is 2.75 bits per heavy atom. The van der Waals surface area contributed by atoms with Crippen molar-refractivity contribution in [1.29, 1.82) is 0 Å². The second-order valence-electron chi connectivity index (χ2n) is 4.91. The van der Waals surface area contributed by atoms with Crippen molar-refractivity contribution in [2.45, 2.75) is 25.3 Å². The van der Waals surface area contributed by atoms with Gasteiger partial charge in [0.15, 0.2) is 11.6 Å². The van der Waals surface area contributed by atoms with Crippen LogP contribution in [0.3, 0.4) is 0 Å². The number of rotatable bonds is 2. The molecule has 1 N–H and O–H groups in total. The number of nitrogens with one attached hydrogen (secondary N) is 1. The maximum absolute atomic E-state index is 13.1. The molecule has 0 radical (unpaired) electrons. The van der Waals surface area contributed by atoms with Crippen LogP contribution in [0.1, 0.15) is 29.6 Å². The van der Waals surface area contributed by atoms with Gasteiger partial charge in [-0.2, -0.15) is 0 Å². The van der Waals surface area contributed by atoms with Crippen molar-refractivity contribution in [1.82, 2.24) is 10.2 Å². The maximum Gasteiger partial charge on any atom is 0.252 e. The Morgan fingerprint density at radius 1 is 1.30 bits per heavy atom. The predicted molar refractivity (Wildman–Crippen MR) is 69.1 cm³/mol. The molecule has 6 heteroatoms. The van der Waals surface area contributed by atoms with E-state index in [2.05, 4.69) is 5.32 Å². The highest BCUT2D eigenvalue weighted by atomic mass is 19.2. The van der Waals surface area contributed by atoms with Crippen LogP contribution in [0.5, 0.6) is 0 Å². The van der Waals surface area contributed by atoms with E-state index >= 15 is 0 Å². The lowest BCUT2D eigenvalue weighted by atomic mass is 10.1. The van der Waals surface area contributed by atoms with Gasteiger partial charge in [-0.1, -0.05) is 0 Å². The van der Waals surface area contributed by atoms with Crippen molar-refractivity contribution in [2.75, 3.05) is 13.6 Å². The Labute approximate surface area is 115 Å². The summed E-state index contributed by atoms with van der Waals surface area (Å²) in [4.78, 5) is 25.6. The van der Waals surface area contributed by atoms with Gasteiger partial charge < -0.3 is 10.2 Å². The average molecular weight is 282 g/mol. The summed E-state index contributed by atoms with van der Waals surface area (Å²) >= 11 is 0. The number of likely N-dealkylation sites (tertiary alicyclic amines) is 1. The van der Waals surface area contributed by atoms with Gasteiger partial charge in [-0.3, -0.25) is 9.59 Å². The number of amides is 2. The fourth-order valence-corrected chi connectivity index (χ4v) is 2.21. The normalized spacial score (nSPS) is 19.6. The van der Waals surface area contributed by atoms with Gasteiger partial charge in [0.25, 0.3) is 5.91 Å². The molecule has 20 heavy (non-hydrogen) atoms. The average Bonchev–Trinajstić information content (AvgIpc) is 2.57. The van der Waals surface area contributed by atoms with Crippen LogP contribution in [0.2, 0.25) is 0 Å². The van der Waals surface area contributed by atoms with Crippen molar-refractivity contribution in [3.05, 3.63) is 35.4 Å². The summed E-state index contributed by atoms with van der Waals surface area (Å²) in [5.74, 6) is -2.82. The fourth-order valence-electron chi connectivity index (χ4n) is 2.21. The van der Waals surface area contributed by atoms with E-state index < -0.39 is 23.6 Å². The van der Waals surface area contributed by atoms with E-state index in [9.17, 15) is 18.4 Å². The molecule has 1 unspecified atom stereocenters. The van der Waals surface area contributed by atoms with Gasteiger partial charge in [0.1, 0.15) is 6.04 Å². The lowest BCUT2D eigenvalue weighted by molar-refractivity contribution is -0.131. The Balaban J connectivity index is 2.09. The molecule has 0 saturated carbocycles. The number of nitrogens with zero attached hydrogens (tertiary/aromatic N) is 1. The second-order valence-corrected chi connectivity index (χ2v) is 4.91. The zero-order valence-corrected chi connectivity index (χ0v) is 11.2. The first kappa shape index (κ1) is 14.4. The van der Waals surface area contributed by atoms with Crippen LogP contribution in [-0.4, -0.2) is 36.3 Å². The SMILES string of the molecule is CN1CCCCC(NC(=O)c2ccc(F)c(F)c2)C1=O. The van der Waals surface area contributed by atoms with Crippen LogP contribution in [0, 0.1) is 11.6 Å². The highest BCUT2D eigenvalue weighted by molar-refractivity contribution is 5.97. The maximum atomic E-state index is 13.1. The van der Waals surface area contributed by atoms with Gasteiger partial charge in [0.05, 0.1) is 0 Å². The summed E-state index contributed by atoms with van der Waals surface area (Å²) in [6.45, 7) is 0.663. The molecule has 0 aromatic heterocycles. The van der Waals surface area contributed by atoms with Gasteiger partial charge >= 0.3 is 0 Å². The van der Waals surface area contributed by atoms with E-state index in [1.165, 1.54) is 6.07 Å². The molecular formula is C14H16F2N2O2. The number of hydrogen-bond donors (Lipinski definition) is 1. The largest absolute Gasteiger partial charge is 0.344 e. The number of carbonyl (C=O) groups is 2. The highest BCUT2D eigenvalue weighted by Gasteiger charge is 2.26. The monoisotopic (exact) mass is 282 g/mol. The molecule has 2 amide bonds. The third-order valence-corrected chi connectivity index (χ3v) is 3.40. The standard InChI is InChI=1S/C14H16F2N2O2/c1-18-7-3-2-4-12(14(18)20)17-13(19)9-5-6-10(15)11(16)8-9/h5-6,8,12H,2-4,7H2,1H3,(H,17,19). The van der Waals surface area contributed by atoms with Gasteiger partial charge in [0, 0.05) is 19.2 Å². The molecule has 1 atom stereocenters. The number of benzene rings is 1. The van der Waals surface area contributed by atoms with E-state index in [0.717, 1.165) is 25.0 Å². The third kappa shape index (κ3) is 3.12. The van der Waals surface area contributed by atoms with Crippen LogP contribution < -0.4 is 5.32 Å². The van der Waals surface area contributed by atoms with Crippen LogP contribution in [0.15, 0.2) is 18.2 Å².